The maximum atomic E-state index is 13.8. The molecule has 1 fully saturated rings. The number of hydrogen-bond acceptors (Lipinski definition) is 5. The molecule has 1 aliphatic heterocycles. The van der Waals surface area contributed by atoms with Crippen LogP contribution in [0, 0.1) is 5.92 Å². The van der Waals surface area contributed by atoms with Crippen LogP contribution in [-0.2, 0) is 10.4 Å². The third kappa shape index (κ3) is 5.27. The van der Waals surface area contributed by atoms with Crippen LogP contribution in [0.15, 0.2) is 65.7 Å². The fraction of sp³-hybridized carbons (Fsp3) is 0.345. The second kappa shape index (κ2) is 11.2. The summed E-state index contributed by atoms with van der Waals surface area (Å²) in [6, 6.07) is 15.8. The third-order valence-corrected chi connectivity index (χ3v) is 8.52. The van der Waals surface area contributed by atoms with Gasteiger partial charge in [-0.25, -0.2) is 8.78 Å². The Kier molecular flexibility index (Phi) is 7.94. The highest BCUT2D eigenvalue weighted by Gasteiger charge is 2.51. The van der Waals surface area contributed by atoms with Crippen molar-refractivity contribution in [3.05, 3.63) is 88.2 Å². The maximum Gasteiger partial charge on any atom is 0.281 e. The number of rotatable bonds is 7. The van der Waals surface area contributed by atoms with Crippen LogP contribution in [0.5, 0.6) is 0 Å². The molecule has 6 nitrogen and oxygen atoms in total. The molecule has 2 N–H and O–H groups in total. The van der Waals surface area contributed by atoms with Gasteiger partial charge in [0.1, 0.15) is 5.69 Å². The number of pyridine rings is 1. The standard InChI is InChI=1S/C29H28ClF2N3O3S/c1-39-21-6-4-5-18(13-21)29(38)23-7-2-3-8-24(23)35(28(29)37)16-17-9-11-20(12-10-17)34-27(36)22-14-19(30)15-33-25(22)26(31)32/h2-8,13-15,17,20,26,38H,9-12,16H2,1H3,(H,34,36)/t17-,20-,29?. The number of benzene rings is 2. The Hall–Kier alpha value is -3.01. The molecule has 5 rings (SSSR count). The summed E-state index contributed by atoms with van der Waals surface area (Å²) < 4.78 is 26.7. The van der Waals surface area contributed by atoms with Crippen LogP contribution in [-0.4, -0.2) is 40.7 Å². The summed E-state index contributed by atoms with van der Waals surface area (Å²) in [4.78, 5) is 32.8. The molecule has 1 aliphatic carbocycles. The molecule has 0 radical (unpaired) electrons. The Morgan fingerprint density at radius 1 is 1.18 bits per heavy atom. The summed E-state index contributed by atoms with van der Waals surface area (Å²) >= 11 is 7.44. The van der Waals surface area contributed by atoms with Gasteiger partial charge in [0.2, 0.25) is 0 Å². The van der Waals surface area contributed by atoms with Crippen LogP contribution in [0.4, 0.5) is 14.5 Å². The van der Waals surface area contributed by atoms with E-state index in [0.717, 1.165) is 23.9 Å². The van der Waals surface area contributed by atoms with Gasteiger partial charge in [-0.1, -0.05) is 41.9 Å². The van der Waals surface area contributed by atoms with Crippen molar-refractivity contribution in [2.45, 2.75) is 48.6 Å². The lowest BCUT2D eigenvalue weighted by Gasteiger charge is -2.32. The third-order valence-electron chi connectivity index (χ3n) is 7.59. The zero-order valence-electron chi connectivity index (χ0n) is 21.2. The minimum Gasteiger partial charge on any atom is -0.372 e. The Balaban J connectivity index is 1.27. The summed E-state index contributed by atoms with van der Waals surface area (Å²) in [5, 5.41) is 14.8. The quantitative estimate of drug-likeness (QED) is 0.342. The van der Waals surface area contributed by atoms with E-state index in [9.17, 15) is 23.5 Å². The fourth-order valence-corrected chi connectivity index (χ4v) is 6.18. The van der Waals surface area contributed by atoms with E-state index in [4.69, 9.17) is 11.6 Å². The molecular formula is C29H28ClF2N3O3S. The Labute approximate surface area is 234 Å². The van der Waals surface area contributed by atoms with E-state index >= 15 is 0 Å². The first-order chi connectivity index (χ1) is 18.7. The summed E-state index contributed by atoms with van der Waals surface area (Å²) in [6.07, 6.45) is 2.89. The van der Waals surface area contributed by atoms with Crippen molar-refractivity contribution < 1.29 is 23.5 Å². The van der Waals surface area contributed by atoms with Gasteiger partial charge in [-0.15, -0.1) is 11.8 Å². The van der Waals surface area contributed by atoms with Gasteiger partial charge in [0.05, 0.1) is 16.3 Å². The van der Waals surface area contributed by atoms with Crippen molar-refractivity contribution >= 4 is 40.9 Å². The molecule has 3 aromatic rings. The molecule has 0 spiro atoms. The van der Waals surface area contributed by atoms with Gasteiger partial charge in [0, 0.05) is 29.2 Å². The summed E-state index contributed by atoms with van der Waals surface area (Å²) in [7, 11) is 0. The van der Waals surface area contributed by atoms with E-state index in [2.05, 4.69) is 10.3 Å². The average molecular weight is 572 g/mol. The summed E-state index contributed by atoms with van der Waals surface area (Å²) in [6.45, 7) is 0.439. The number of fused-ring (bicyclic) bond motifs is 1. The number of carbonyl (C=O) groups excluding carboxylic acids is 2. The Bertz CT molecular complexity index is 1400. The number of anilines is 1. The Morgan fingerprint density at radius 3 is 2.64 bits per heavy atom. The molecule has 1 aromatic heterocycles. The van der Waals surface area contributed by atoms with Crippen LogP contribution < -0.4 is 10.2 Å². The number of halogens is 3. The number of thioether (sulfide) groups is 1. The van der Waals surface area contributed by atoms with Crippen molar-refractivity contribution in [3.8, 4) is 0 Å². The van der Waals surface area contributed by atoms with Crippen molar-refractivity contribution in [1.29, 1.82) is 0 Å². The largest absolute Gasteiger partial charge is 0.372 e. The van der Waals surface area contributed by atoms with Crippen LogP contribution in [0.3, 0.4) is 0 Å². The molecule has 204 valence electrons. The van der Waals surface area contributed by atoms with Gasteiger partial charge in [-0.05, 0) is 67.7 Å². The van der Waals surface area contributed by atoms with Gasteiger partial charge in [-0.3, -0.25) is 14.6 Å². The van der Waals surface area contributed by atoms with Crippen LogP contribution >= 0.6 is 23.4 Å². The van der Waals surface area contributed by atoms with E-state index in [-0.39, 0.29) is 28.5 Å². The van der Waals surface area contributed by atoms with E-state index in [1.165, 1.54) is 6.07 Å². The zero-order chi connectivity index (χ0) is 27.7. The fourth-order valence-electron chi connectivity index (χ4n) is 5.56. The highest BCUT2D eigenvalue weighted by Crippen LogP contribution is 2.45. The van der Waals surface area contributed by atoms with Crippen LogP contribution in [0.2, 0.25) is 5.02 Å². The molecular weight excluding hydrogens is 544 g/mol. The molecule has 2 heterocycles. The highest BCUT2D eigenvalue weighted by molar-refractivity contribution is 7.98. The van der Waals surface area contributed by atoms with Crippen molar-refractivity contribution in [3.63, 3.8) is 0 Å². The molecule has 0 bridgehead atoms. The number of nitrogens with one attached hydrogen (secondary N) is 1. The number of aliphatic hydroxyl groups is 1. The number of carbonyl (C=O) groups is 2. The number of hydrogen-bond donors (Lipinski definition) is 2. The van der Waals surface area contributed by atoms with Crippen molar-refractivity contribution in [1.82, 2.24) is 10.3 Å². The van der Waals surface area contributed by atoms with Crippen molar-refractivity contribution in [2.24, 2.45) is 5.92 Å². The smallest absolute Gasteiger partial charge is 0.281 e. The summed E-state index contributed by atoms with van der Waals surface area (Å²) in [5.74, 6) is -0.838. The average Bonchev–Trinajstić information content (AvgIpc) is 3.16. The number of para-hydroxylation sites is 1. The first kappa shape index (κ1) is 27.6. The topological polar surface area (TPSA) is 82.5 Å². The van der Waals surface area contributed by atoms with Crippen molar-refractivity contribution in [2.75, 3.05) is 17.7 Å². The maximum absolute atomic E-state index is 13.8. The lowest BCUT2D eigenvalue weighted by molar-refractivity contribution is -0.132. The number of alkyl halides is 2. The molecule has 2 amide bonds. The first-order valence-electron chi connectivity index (χ1n) is 12.7. The first-order valence-corrected chi connectivity index (χ1v) is 14.4. The minimum atomic E-state index is -2.89. The normalized spacial score (nSPS) is 22.7. The van der Waals surface area contributed by atoms with E-state index in [1.807, 2.05) is 42.7 Å². The van der Waals surface area contributed by atoms with E-state index in [1.54, 1.807) is 28.8 Å². The van der Waals surface area contributed by atoms with Crippen LogP contribution in [0.25, 0.3) is 0 Å². The SMILES string of the molecule is CSc1cccc(C2(O)C(=O)N(C[C@H]3CC[C@H](NC(=O)c4cc(Cl)cnc4C(F)F)CC3)c3ccccc32)c1. The van der Waals surface area contributed by atoms with Crippen LogP contribution in [0.1, 0.15) is 59.3 Å². The molecule has 10 heteroatoms. The molecule has 2 aromatic carbocycles. The molecule has 0 saturated heterocycles. The lowest BCUT2D eigenvalue weighted by Crippen LogP contribution is -2.44. The van der Waals surface area contributed by atoms with Gasteiger partial charge >= 0.3 is 0 Å². The summed E-state index contributed by atoms with van der Waals surface area (Å²) in [5.41, 5.74) is -0.765. The zero-order valence-corrected chi connectivity index (χ0v) is 22.8. The monoisotopic (exact) mass is 571 g/mol. The number of aromatic nitrogens is 1. The predicted molar refractivity (Wildman–Crippen MR) is 147 cm³/mol. The molecule has 2 aliphatic rings. The second-order valence-corrected chi connectivity index (χ2v) is 11.3. The highest BCUT2D eigenvalue weighted by atomic mass is 35.5. The molecule has 39 heavy (non-hydrogen) atoms. The Morgan fingerprint density at radius 2 is 1.92 bits per heavy atom. The molecule has 1 saturated carbocycles. The molecule has 1 unspecified atom stereocenters. The predicted octanol–water partition coefficient (Wildman–Crippen LogP) is 5.97. The van der Waals surface area contributed by atoms with Gasteiger partial charge in [-0.2, -0.15) is 0 Å². The number of amides is 2. The minimum absolute atomic E-state index is 0.115. The van der Waals surface area contributed by atoms with E-state index in [0.29, 0.717) is 36.2 Å². The second-order valence-electron chi connectivity index (χ2n) is 9.95. The number of nitrogens with zero attached hydrogens (tertiary/aromatic N) is 2. The van der Waals surface area contributed by atoms with E-state index < -0.39 is 23.6 Å². The van der Waals surface area contributed by atoms with Gasteiger partial charge in [0.15, 0.2) is 5.60 Å². The molecule has 1 atom stereocenters. The van der Waals surface area contributed by atoms with Gasteiger partial charge in [0.25, 0.3) is 18.2 Å². The van der Waals surface area contributed by atoms with Gasteiger partial charge < -0.3 is 15.3 Å². The lowest BCUT2D eigenvalue weighted by atomic mass is 9.85.